The smallest absolute Gasteiger partial charge is 0.309 e. The molecular weight excluding hydrogens is 389 g/mol. The molecule has 150 valence electrons. The fourth-order valence-electron chi connectivity index (χ4n) is 3.26. The third-order valence-corrected chi connectivity index (χ3v) is 5.33. The van der Waals surface area contributed by atoms with Gasteiger partial charge < -0.3 is 4.90 Å². The van der Waals surface area contributed by atoms with Crippen LogP contribution in [0.2, 0.25) is 5.02 Å². The summed E-state index contributed by atoms with van der Waals surface area (Å²) in [5.41, 5.74) is 0.858. The Kier molecular flexibility index (Phi) is 6.25. The van der Waals surface area contributed by atoms with Gasteiger partial charge in [0.1, 0.15) is 17.7 Å². The summed E-state index contributed by atoms with van der Waals surface area (Å²) >= 11 is 6.08. The number of hydrogen-bond donors (Lipinski definition) is 0. The van der Waals surface area contributed by atoms with E-state index in [1.54, 1.807) is 24.0 Å². The fraction of sp³-hybridized carbons (Fsp3) is 0.444. The minimum Gasteiger partial charge on any atom is -0.340 e. The lowest BCUT2D eigenvalue weighted by atomic mass is 10.1. The molecule has 0 radical (unpaired) electrons. The van der Waals surface area contributed by atoms with Gasteiger partial charge in [-0.3, -0.25) is 24.5 Å². The van der Waals surface area contributed by atoms with Gasteiger partial charge in [0.2, 0.25) is 5.91 Å². The van der Waals surface area contributed by atoms with E-state index < -0.39 is 4.92 Å². The van der Waals surface area contributed by atoms with Crippen molar-refractivity contribution in [2.24, 2.45) is 0 Å². The summed E-state index contributed by atoms with van der Waals surface area (Å²) in [7, 11) is 0. The molecule has 0 bridgehead atoms. The molecule has 0 atom stereocenters. The van der Waals surface area contributed by atoms with E-state index in [0.29, 0.717) is 55.5 Å². The molecule has 0 spiro atoms. The van der Waals surface area contributed by atoms with Gasteiger partial charge in [0.15, 0.2) is 0 Å². The Morgan fingerprint density at radius 2 is 2.04 bits per heavy atom. The van der Waals surface area contributed by atoms with E-state index in [1.165, 1.54) is 16.9 Å². The van der Waals surface area contributed by atoms with E-state index in [0.717, 1.165) is 0 Å². The Morgan fingerprint density at radius 1 is 1.32 bits per heavy atom. The summed E-state index contributed by atoms with van der Waals surface area (Å²) in [5.74, 6) is -0.351. The van der Waals surface area contributed by atoms with E-state index in [9.17, 15) is 19.3 Å². The molecule has 1 aliphatic rings. The van der Waals surface area contributed by atoms with Crippen molar-refractivity contribution in [3.8, 4) is 0 Å². The van der Waals surface area contributed by atoms with Gasteiger partial charge in [-0.2, -0.15) is 5.10 Å². The first-order valence-corrected chi connectivity index (χ1v) is 9.34. The van der Waals surface area contributed by atoms with E-state index in [4.69, 9.17) is 11.6 Å². The van der Waals surface area contributed by atoms with Crippen molar-refractivity contribution in [1.29, 1.82) is 0 Å². The van der Waals surface area contributed by atoms with Crippen molar-refractivity contribution in [3.63, 3.8) is 0 Å². The first kappa shape index (κ1) is 20.2. The summed E-state index contributed by atoms with van der Waals surface area (Å²) in [6.07, 6.45) is 1.42. The molecule has 2 heterocycles. The third-order valence-electron chi connectivity index (χ3n) is 4.98. The number of nitrogens with zero attached hydrogens (tertiary/aromatic N) is 5. The van der Waals surface area contributed by atoms with Crippen LogP contribution in [0.1, 0.15) is 17.7 Å². The van der Waals surface area contributed by atoms with Crippen molar-refractivity contribution >= 4 is 23.2 Å². The molecule has 0 saturated carbocycles. The van der Waals surface area contributed by atoms with Crippen LogP contribution in [0.4, 0.5) is 10.1 Å². The predicted molar refractivity (Wildman–Crippen MR) is 102 cm³/mol. The molecule has 3 rings (SSSR count). The Bertz CT molecular complexity index is 860. The van der Waals surface area contributed by atoms with E-state index in [1.807, 2.05) is 0 Å². The molecule has 0 N–H and O–H groups in total. The zero-order valence-corrected chi connectivity index (χ0v) is 16.2. The monoisotopic (exact) mass is 409 g/mol. The lowest BCUT2D eigenvalue weighted by molar-refractivity contribution is -0.385. The summed E-state index contributed by atoms with van der Waals surface area (Å²) in [4.78, 5) is 26.6. The molecule has 28 heavy (non-hydrogen) atoms. The number of amides is 1. The molecule has 1 saturated heterocycles. The van der Waals surface area contributed by atoms with Gasteiger partial charge in [0.05, 0.1) is 11.5 Å². The first-order chi connectivity index (χ1) is 13.4. The largest absolute Gasteiger partial charge is 0.340 e. The lowest BCUT2D eigenvalue weighted by Crippen LogP contribution is -2.48. The highest BCUT2D eigenvalue weighted by molar-refractivity contribution is 6.31. The van der Waals surface area contributed by atoms with Crippen molar-refractivity contribution in [2.75, 3.05) is 26.2 Å². The van der Waals surface area contributed by atoms with Crippen LogP contribution < -0.4 is 0 Å². The maximum Gasteiger partial charge on any atom is 0.309 e. The zero-order chi connectivity index (χ0) is 20.3. The van der Waals surface area contributed by atoms with Gasteiger partial charge >= 0.3 is 5.69 Å². The maximum absolute atomic E-state index is 13.9. The summed E-state index contributed by atoms with van der Waals surface area (Å²) in [6, 6.07) is 4.64. The number of carbonyl (C=O) groups is 1. The average Bonchev–Trinajstić information content (AvgIpc) is 3.04. The van der Waals surface area contributed by atoms with E-state index in [-0.39, 0.29) is 23.8 Å². The van der Waals surface area contributed by atoms with E-state index >= 15 is 0 Å². The topological polar surface area (TPSA) is 84.5 Å². The van der Waals surface area contributed by atoms with Crippen molar-refractivity contribution in [1.82, 2.24) is 19.6 Å². The van der Waals surface area contributed by atoms with Crippen molar-refractivity contribution in [3.05, 3.63) is 56.6 Å². The van der Waals surface area contributed by atoms with E-state index in [2.05, 4.69) is 10.00 Å². The molecule has 8 nitrogen and oxygen atoms in total. The van der Waals surface area contributed by atoms with Crippen LogP contribution in [0.25, 0.3) is 0 Å². The predicted octanol–water partition coefficient (Wildman–Crippen LogP) is 2.63. The van der Waals surface area contributed by atoms with Crippen LogP contribution in [-0.4, -0.2) is 56.6 Å². The lowest BCUT2D eigenvalue weighted by Gasteiger charge is -2.35. The number of nitro groups is 1. The summed E-state index contributed by atoms with van der Waals surface area (Å²) in [5, 5.41) is 15.2. The second-order valence-electron chi connectivity index (χ2n) is 6.70. The highest BCUT2D eigenvalue weighted by atomic mass is 35.5. The van der Waals surface area contributed by atoms with Crippen LogP contribution in [0, 0.1) is 22.9 Å². The standard InChI is InChI=1S/C18H21ClFN5O3/c1-13-17(25(27)28)11-21-24(13)6-5-18(26)23-9-7-22(8-10-23)12-14-15(19)3-2-4-16(14)20/h2-4,11H,5-10,12H2,1H3. The SMILES string of the molecule is Cc1c([N+](=O)[O-])cnn1CCC(=O)N1CCN(Cc2c(F)cccc2Cl)CC1. The van der Waals surface area contributed by atoms with Gasteiger partial charge in [-0.25, -0.2) is 4.39 Å². The third kappa shape index (κ3) is 4.48. The molecule has 0 unspecified atom stereocenters. The molecule has 10 heteroatoms. The number of benzene rings is 1. The Balaban J connectivity index is 1.49. The number of hydrogen-bond acceptors (Lipinski definition) is 5. The second kappa shape index (κ2) is 8.66. The number of halogens is 2. The number of aryl methyl sites for hydroxylation is 1. The fourth-order valence-corrected chi connectivity index (χ4v) is 3.49. The zero-order valence-electron chi connectivity index (χ0n) is 15.5. The normalized spacial score (nSPS) is 15.0. The molecule has 0 aliphatic carbocycles. The van der Waals surface area contributed by atoms with Crippen molar-refractivity contribution in [2.45, 2.75) is 26.4 Å². The quantitative estimate of drug-likeness (QED) is 0.541. The molecule has 1 aromatic carbocycles. The molecule has 2 aromatic rings. The van der Waals surface area contributed by atoms with Crippen LogP contribution >= 0.6 is 11.6 Å². The minimum atomic E-state index is -0.484. The summed E-state index contributed by atoms with van der Waals surface area (Å²) < 4.78 is 15.4. The average molecular weight is 410 g/mol. The van der Waals surface area contributed by atoms with Crippen LogP contribution in [0.15, 0.2) is 24.4 Å². The molecule has 1 amide bonds. The highest BCUT2D eigenvalue weighted by Gasteiger charge is 2.23. The first-order valence-electron chi connectivity index (χ1n) is 8.96. The minimum absolute atomic E-state index is 0.0267. The Morgan fingerprint density at radius 3 is 2.64 bits per heavy atom. The molecule has 1 fully saturated rings. The summed E-state index contributed by atoms with van der Waals surface area (Å²) in [6.45, 7) is 4.66. The van der Waals surface area contributed by atoms with Gasteiger partial charge in [0, 0.05) is 49.7 Å². The van der Waals surface area contributed by atoms with Gasteiger partial charge in [-0.05, 0) is 19.1 Å². The number of rotatable bonds is 6. The number of carbonyl (C=O) groups excluding carboxylic acids is 1. The molecule has 1 aromatic heterocycles. The number of aromatic nitrogens is 2. The van der Waals surface area contributed by atoms with Crippen molar-refractivity contribution < 1.29 is 14.1 Å². The Labute approximate surface area is 166 Å². The number of piperazine rings is 1. The Hall–Kier alpha value is -2.52. The van der Waals surface area contributed by atoms with Gasteiger partial charge in [-0.15, -0.1) is 0 Å². The van der Waals surface area contributed by atoms with Gasteiger partial charge in [0.25, 0.3) is 0 Å². The molecule has 1 aliphatic heterocycles. The van der Waals surface area contributed by atoms with Crippen LogP contribution in [-0.2, 0) is 17.9 Å². The second-order valence-corrected chi connectivity index (χ2v) is 7.11. The maximum atomic E-state index is 13.9. The highest BCUT2D eigenvalue weighted by Crippen LogP contribution is 2.21. The molecular formula is C18H21ClFN5O3. The van der Waals surface area contributed by atoms with Gasteiger partial charge in [-0.1, -0.05) is 17.7 Å². The van der Waals surface area contributed by atoms with Crippen LogP contribution in [0.3, 0.4) is 0 Å². The van der Waals surface area contributed by atoms with Crippen LogP contribution in [0.5, 0.6) is 0 Å².